The van der Waals surface area contributed by atoms with Gasteiger partial charge in [0, 0.05) is 32.7 Å². The van der Waals surface area contributed by atoms with Gasteiger partial charge in [-0.05, 0) is 17.7 Å². The lowest BCUT2D eigenvalue weighted by Gasteiger charge is -2.16. The van der Waals surface area contributed by atoms with E-state index in [-0.39, 0.29) is 6.10 Å². The van der Waals surface area contributed by atoms with E-state index in [4.69, 9.17) is 15.2 Å². The molecule has 0 saturated carbocycles. The Labute approximate surface area is 119 Å². The van der Waals surface area contributed by atoms with Gasteiger partial charge in [0.1, 0.15) is 5.82 Å². The van der Waals surface area contributed by atoms with Gasteiger partial charge in [0.15, 0.2) is 0 Å². The molecule has 1 atom stereocenters. The summed E-state index contributed by atoms with van der Waals surface area (Å²) in [4.78, 5) is 4.59. The highest BCUT2D eigenvalue weighted by molar-refractivity contribution is 5.83. The van der Waals surface area contributed by atoms with Crippen LogP contribution < -0.4 is 11.1 Å². The van der Waals surface area contributed by atoms with E-state index < -0.39 is 0 Å². The maximum absolute atomic E-state index is 5.81. The normalized spacial score (nSPS) is 12.6. The zero-order valence-electron chi connectivity index (χ0n) is 11.9. The van der Waals surface area contributed by atoms with E-state index in [9.17, 15) is 0 Å². The lowest BCUT2D eigenvalue weighted by atomic mass is 10.1. The molecule has 0 bridgehead atoms. The van der Waals surface area contributed by atoms with Gasteiger partial charge in [-0.1, -0.05) is 18.2 Å². The molecule has 108 valence electrons. The summed E-state index contributed by atoms with van der Waals surface area (Å²) in [6, 6.07) is 9.99. The molecule has 1 aromatic carbocycles. The molecule has 0 aliphatic heterocycles. The van der Waals surface area contributed by atoms with E-state index >= 15 is 0 Å². The van der Waals surface area contributed by atoms with Crippen molar-refractivity contribution in [3.63, 3.8) is 0 Å². The quantitative estimate of drug-likeness (QED) is 0.806. The molecule has 0 spiro atoms. The minimum absolute atomic E-state index is 0.00500. The summed E-state index contributed by atoms with van der Waals surface area (Å²) in [5.41, 5.74) is 7.84. The molecule has 0 amide bonds. The number of fused-ring (bicyclic) bond motifs is 1. The first-order valence-corrected chi connectivity index (χ1v) is 6.62. The molecular weight excluding hydrogens is 254 g/mol. The molecule has 3 N–H and O–H groups in total. The van der Waals surface area contributed by atoms with Crippen molar-refractivity contribution in [3.05, 3.63) is 35.9 Å². The molecule has 1 unspecified atom stereocenters. The molecule has 0 radical (unpaired) electrons. The maximum atomic E-state index is 5.81. The number of benzene rings is 1. The fourth-order valence-corrected chi connectivity index (χ4v) is 2.12. The van der Waals surface area contributed by atoms with E-state index in [1.807, 2.05) is 30.3 Å². The molecule has 5 nitrogen and oxygen atoms in total. The number of aromatic nitrogens is 1. The second-order valence-corrected chi connectivity index (χ2v) is 4.58. The van der Waals surface area contributed by atoms with Crippen molar-refractivity contribution < 1.29 is 9.47 Å². The lowest BCUT2D eigenvalue weighted by Crippen LogP contribution is -2.27. The number of hydrogen-bond acceptors (Lipinski definition) is 5. The van der Waals surface area contributed by atoms with E-state index in [0.29, 0.717) is 19.7 Å². The third kappa shape index (κ3) is 3.45. The SMILES string of the molecule is COCC(CNc1cc(CN)c2ccccc2n1)OC. The summed E-state index contributed by atoms with van der Waals surface area (Å²) in [5.74, 6) is 0.808. The van der Waals surface area contributed by atoms with Crippen LogP contribution in [-0.2, 0) is 16.0 Å². The zero-order chi connectivity index (χ0) is 14.4. The molecule has 0 saturated heterocycles. The van der Waals surface area contributed by atoms with Crippen LogP contribution in [0.25, 0.3) is 10.9 Å². The summed E-state index contributed by atoms with van der Waals surface area (Å²) < 4.78 is 10.4. The largest absolute Gasteiger partial charge is 0.382 e. The van der Waals surface area contributed by atoms with Crippen LogP contribution in [0.3, 0.4) is 0 Å². The van der Waals surface area contributed by atoms with E-state index in [1.54, 1.807) is 14.2 Å². The van der Waals surface area contributed by atoms with Gasteiger partial charge in [0.05, 0.1) is 18.2 Å². The number of nitrogens with zero attached hydrogens (tertiary/aromatic N) is 1. The molecule has 1 aromatic heterocycles. The van der Waals surface area contributed by atoms with Gasteiger partial charge in [-0.3, -0.25) is 0 Å². The molecule has 5 heteroatoms. The van der Waals surface area contributed by atoms with Crippen LogP contribution in [0.1, 0.15) is 5.56 Å². The van der Waals surface area contributed by atoms with Crippen LogP contribution in [0.5, 0.6) is 0 Å². The zero-order valence-corrected chi connectivity index (χ0v) is 11.9. The van der Waals surface area contributed by atoms with Crippen molar-refractivity contribution in [3.8, 4) is 0 Å². The number of pyridine rings is 1. The van der Waals surface area contributed by atoms with Crippen molar-refractivity contribution in [1.29, 1.82) is 0 Å². The van der Waals surface area contributed by atoms with Crippen LogP contribution in [0.15, 0.2) is 30.3 Å². The number of ether oxygens (including phenoxy) is 2. The molecule has 0 aliphatic rings. The summed E-state index contributed by atoms with van der Waals surface area (Å²) in [7, 11) is 3.33. The van der Waals surface area contributed by atoms with Crippen LogP contribution in [0.2, 0.25) is 0 Å². The Morgan fingerprint density at radius 1 is 1.30 bits per heavy atom. The van der Waals surface area contributed by atoms with Gasteiger partial charge in [-0.25, -0.2) is 4.98 Å². The first kappa shape index (κ1) is 14.7. The Morgan fingerprint density at radius 2 is 2.10 bits per heavy atom. The van der Waals surface area contributed by atoms with E-state index in [1.165, 1.54) is 0 Å². The third-order valence-corrected chi connectivity index (χ3v) is 3.22. The molecule has 2 rings (SSSR count). The van der Waals surface area contributed by atoms with Crippen LogP contribution in [0, 0.1) is 0 Å². The van der Waals surface area contributed by atoms with Gasteiger partial charge >= 0.3 is 0 Å². The Bertz CT molecular complexity index is 560. The van der Waals surface area contributed by atoms with Crippen molar-refractivity contribution in [2.24, 2.45) is 5.73 Å². The highest BCUT2D eigenvalue weighted by atomic mass is 16.5. The second-order valence-electron chi connectivity index (χ2n) is 4.58. The molecule has 2 aromatic rings. The maximum Gasteiger partial charge on any atom is 0.127 e. The Balaban J connectivity index is 2.18. The summed E-state index contributed by atoms with van der Waals surface area (Å²) in [6.07, 6.45) is -0.00500. The highest BCUT2D eigenvalue weighted by Crippen LogP contribution is 2.20. The predicted octanol–water partition coefficient (Wildman–Crippen LogP) is 1.77. The van der Waals surface area contributed by atoms with E-state index in [2.05, 4.69) is 10.3 Å². The van der Waals surface area contributed by atoms with Gasteiger partial charge in [0.25, 0.3) is 0 Å². The number of para-hydroxylation sites is 1. The van der Waals surface area contributed by atoms with Gasteiger partial charge in [0.2, 0.25) is 0 Å². The lowest BCUT2D eigenvalue weighted by molar-refractivity contribution is 0.0365. The van der Waals surface area contributed by atoms with Gasteiger partial charge < -0.3 is 20.5 Å². The monoisotopic (exact) mass is 275 g/mol. The second kappa shape index (κ2) is 7.19. The topological polar surface area (TPSA) is 69.4 Å². The standard InChI is InChI=1S/C15H21N3O2/c1-19-10-12(20-2)9-17-15-7-11(8-16)13-5-3-4-6-14(13)18-15/h3-7,12H,8-10,16H2,1-2H3,(H,17,18). The van der Waals surface area contributed by atoms with Crippen molar-refractivity contribution in [1.82, 2.24) is 4.98 Å². The number of anilines is 1. The molecular formula is C15H21N3O2. The average Bonchev–Trinajstić information content (AvgIpc) is 2.50. The Morgan fingerprint density at radius 3 is 2.80 bits per heavy atom. The third-order valence-electron chi connectivity index (χ3n) is 3.22. The minimum Gasteiger partial charge on any atom is -0.382 e. The molecule has 20 heavy (non-hydrogen) atoms. The Hall–Kier alpha value is -1.69. The summed E-state index contributed by atoms with van der Waals surface area (Å²) >= 11 is 0. The predicted molar refractivity (Wildman–Crippen MR) is 80.8 cm³/mol. The number of nitrogens with two attached hydrogens (primary N) is 1. The molecule has 0 fully saturated rings. The number of methoxy groups -OCH3 is 2. The van der Waals surface area contributed by atoms with Gasteiger partial charge in [-0.2, -0.15) is 0 Å². The van der Waals surface area contributed by atoms with Crippen molar-refractivity contribution in [2.45, 2.75) is 12.6 Å². The number of hydrogen-bond donors (Lipinski definition) is 2. The first-order chi connectivity index (χ1) is 9.78. The van der Waals surface area contributed by atoms with E-state index in [0.717, 1.165) is 22.3 Å². The minimum atomic E-state index is -0.00500. The summed E-state index contributed by atoms with van der Waals surface area (Å²) in [5, 5.41) is 4.37. The first-order valence-electron chi connectivity index (χ1n) is 6.62. The smallest absolute Gasteiger partial charge is 0.127 e. The van der Waals surface area contributed by atoms with Crippen molar-refractivity contribution in [2.75, 3.05) is 32.7 Å². The number of nitrogens with one attached hydrogen (secondary N) is 1. The summed E-state index contributed by atoms with van der Waals surface area (Å²) in [6.45, 7) is 1.67. The molecule has 0 aliphatic carbocycles. The highest BCUT2D eigenvalue weighted by Gasteiger charge is 2.08. The fraction of sp³-hybridized carbons (Fsp3) is 0.400. The molecule has 1 heterocycles. The number of rotatable bonds is 7. The fourth-order valence-electron chi connectivity index (χ4n) is 2.12. The van der Waals surface area contributed by atoms with Crippen molar-refractivity contribution >= 4 is 16.7 Å². The van der Waals surface area contributed by atoms with Crippen LogP contribution >= 0.6 is 0 Å². The average molecular weight is 275 g/mol. The van der Waals surface area contributed by atoms with Gasteiger partial charge in [-0.15, -0.1) is 0 Å². The van der Waals surface area contributed by atoms with Crippen LogP contribution in [0.4, 0.5) is 5.82 Å². The Kier molecular flexibility index (Phi) is 5.29. The van der Waals surface area contributed by atoms with Crippen LogP contribution in [-0.4, -0.2) is 38.5 Å².